The zero-order valence-corrected chi connectivity index (χ0v) is 13.2. The molecule has 0 heterocycles. The molecule has 0 bridgehead atoms. The first-order valence-corrected chi connectivity index (χ1v) is 7.18. The summed E-state index contributed by atoms with van der Waals surface area (Å²) in [5, 5.41) is 20.5. The van der Waals surface area contributed by atoms with Crippen molar-refractivity contribution in [2.24, 2.45) is 0 Å². The second-order valence-electron chi connectivity index (χ2n) is 4.88. The number of halogens is 4. The molecule has 0 fully saturated rings. The van der Waals surface area contributed by atoms with Crippen LogP contribution in [0.2, 0.25) is 5.02 Å². The Hall–Kier alpha value is -2.98. The third-order valence-corrected chi connectivity index (χ3v) is 3.43. The highest BCUT2D eigenvalue weighted by molar-refractivity contribution is 6.32. The fourth-order valence-corrected chi connectivity index (χ4v) is 2.15. The van der Waals surface area contributed by atoms with Crippen LogP contribution in [0.15, 0.2) is 48.0 Å². The van der Waals surface area contributed by atoms with Gasteiger partial charge < -0.3 is 10.4 Å². The predicted octanol–water partition coefficient (Wildman–Crippen LogP) is 4.61. The van der Waals surface area contributed by atoms with E-state index in [1.165, 1.54) is 30.3 Å². The highest BCUT2D eigenvalue weighted by Gasteiger charge is 2.33. The summed E-state index contributed by atoms with van der Waals surface area (Å²) in [6, 6.07) is 10.0. The van der Waals surface area contributed by atoms with E-state index in [1.807, 2.05) is 0 Å². The largest absolute Gasteiger partial charge is 0.506 e. The number of phenols is 1. The Balaban J connectivity index is 2.32. The van der Waals surface area contributed by atoms with E-state index in [0.29, 0.717) is 5.56 Å². The van der Waals surface area contributed by atoms with Crippen molar-refractivity contribution in [3.05, 3.63) is 64.2 Å². The summed E-state index contributed by atoms with van der Waals surface area (Å²) in [6.07, 6.45) is -3.50. The average Bonchev–Trinajstić information content (AvgIpc) is 2.55. The summed E-state index contributed by atoms with van der Waals surface area (Å²) >= 11 is 5.73. The molecule has 0 saturated heterocycles. The number of aromatic hydroxyl groups is 1. The van der Waals surface area contributed by atoms with Gasteiger partial charge in [-0.3, -0.25) is 4.79 Å². The molecule has 2 rings (SSSR count). The number of rotatable bonds is 3. The van der Waals surface area contributed by atoms with Crippen molar-refractivity contribution >= 4 is 29.3 Å². The van der Waals surface area contributed by atoms with E-state index in [4.69, 9.17) is 16.9 Å². The molecule has 128 valence electrons. The highest BCUT2D eigenvalue weighted by Crippen LogP contribution is 2.34. The van der Waals surface area contributed by atoms with E-state index >= 15 is 0 Å². The summed E-state index contributed by atoms with van der Waals surface area (Å²) in [7, 11) is 0. The van der Waals surface area contributed by atoms with Crippen molar-refractivity contribution in [2.45, 2.75) is 6.18 Å². The number of alkyl halides is 3. The number of phenolic OH excluding ortho intramolecular Hbond substituents is 1. The normalized spacial score (nSPS) is 11.7. The van der Waals surface area contributed by atoms with Crippen LogP contribution >= 0.6 is 11.6 Å². The molecule has 8 heteroatoms. The van der Waals surface area contributed by atoms with E-state index in [1.54, 1.807) is 6.07 Å². The summed E-state index contributed by atoms with van der Waals surface area (Å²) in [5.74, 6) is -1.18. The fraction of sp³-hybridized carbons (Fsp3) is 0.0588. The molecule has 2 aromatic carbocycles. The highest BCUT2D eigenvalue weighted by atomic mass is 35.5. The Morgan fingerprint density at radius 1 is 1.24 bits per heavy atom. The number of amides is 1. The number of nitrogens with one attached hydrogen (secondary N) is 1. The molecular weight excluding hydrogens is 357 g/mol. The van der Waals surface area contributed by atoms with Crippen LogP contribution in [0.25, 0.3) is 6.08 Å². The molecule has 2 N–H and O–H groups in total. The van der Waals surface area contributed by atoms with Gasteiger partial charge in [0.1, 0.15) is 17.4 Å². The van der Waals surface area contributed by atoms with Gasteiger partial charge in [-0.1, -0.05) is 29.8 Å². The van der Waals surface area contributed by atoms with Crippen LogP contribution in [0.5, 0.6) is 5.75 Å². The minimum absolute atomic E-state index is 0.00821. The van der Waals surface area contributed by atoms with Crippen LogP contribution < -0.4 is 5.32 Å². The Kier molecular flexibility index (Phi) is 5.35. The number of benzene rings is 2. The lowest BCUT2D eigenvalue weighted by Gasteiger charge is -2.13. The van der Waals surface area contributed by atoms with Gasteiger partial charge in [-0.25, -0.2) is 0 Å². The van der Waals surface area contributed by atoms with Gasteiger partial charge in [0.25, 0.3) is 5.91 Å². The van der Waals surface area contributed by atoms with Crippen LogP contribution in [-0.4, -0.2) is 11.0 Å². The van der Waals surface area contributed by atoms with E-state index in [0.717, 1.165) is 18.2 Å². The molecule has 2 aromatic rings. The first-order valence-electron chi connectivity index (χ1n) is 6.80. The maximum atomic E-state index is 12.9. The first kappa shape index (κ1) is 18.4. The lowest BCUT2D eigenvalue weighted by molar-refractivity contribution is -0.137. The number of nitrogens with zero attached hydrogens (tertiary/aromatic N) is 1. The number of carbonyl (C=O) groups is 1. The lowest BCUT2D eigenvalue weighted by Crippen LogP contribution is -2.17. The molecule has 0 unspecified atom stereocenters. The quantitative estimate of drug-likeness (QED) is 0.615. The van der Waals surface area contributed by atoms with Gasteiger partial charge in [0.15, 0.2) is 0 Å². The molecule has 0 spiro atoms. The second-order valence-corrected chi connectivity index (χ2v) is 5.29. The number of anilines is 1. The zero-order valence-electron chi connectivity index (χ0n) is 12.4. The van der Waals surface area contributed by atoms with E-state index in [-0.39, 0.29) is 10.8 Å². The van der Waals surface area contributed by atoms with E-state index in [9.17, 15) is 23.1 Å². The maximum Gasteiger partial charge on any atom is 0.418 e. The first-order chi connectivity index (χ1) is 11.7. The Morgan fingerprint density at radius 2 is 1.92 bits per heavy atom. The van der Waals surface area contributed by atoms with Crippen LogP contribution in [0, 0.1) is 11.3 Å². The van der Waals surface area contributed by atoms with Crippen LogP contribution in [0.1, 0.15) is 11.1 Å². The molecule has 1 amide bonds. The molecule has 4 nitrogen and oxygen atoms in total. The van der Waals surface area contributed by atoms with Gasteiger partial charge in [0.2, 0.25) is 0 Å². The zero-order chi connectivity index (χ0) is 18.6. The van der Waals surface area contributed by atoms with E-state index in [2.05, 4.69) is 5.32 Å². The Morgan fingerprint density at radius 3 is 2.52 bits per heavy atom. The average molecular weight is 367 g/mol. The monoisotopic (exact) mass is 366 g/mol. The Bertz CT molecular complexity index is 886. The van der Waals surface area contributed by atoms with Crippen LogP contribution in [0.4, 0.5) is 18.9 Å². The third-order valence-electron chi connectivity index (χ3n) is 3.13. The van der Waals surface area contributed by atoms with Crippen molar-refractivity contribution in [2.75, 3.05) is 5.32 Å². The van der Waals surface area contributed by atoms with Crippen LogP contribution in [0.3, 0.4) is 0 Å². The predicted molar refractivity (Wildman–Crippen MR) is 86.8 cm³/mol. The SMILES string of the molecule is N#CC(=Cc1ccc(O)c(Cl)c1)C(=O)Nc1ccccc1C(F)(F)F. The summed E-state index contributed by atoms with van der Waals surface area (Å²) in [6.45, 7) is 0. The van der Waals surface area contributed by atoms with Gasteiger partial charge >= 0.3 is 6.18 Å². The van der Waals surface area contributed by atoms with Crippen LogP contribution in [-0.2, 0) is 11.0 Å². The van der Waals surface area contributed by atoms with Crippen molar-refractivity contribution in [3.8, 4) is 11.8 Å². The molecule has 0 aliphatic carbocycles. The molecule has 25 heavy (non-hydrogen) atoms. The third kappa shape index (κ3) is 4.52. The number of hydrogen-bond donors (Lipinski definition) is 2. The van der Waals surface area contributed by atoms with Crippen molar-refractivity contribution in [1.29, 1.82) is 5.26 Å². The molecule has 0 atom stereocenters. The summed E-state index contributed by atoms with van der Waals surface area (Å²) in [5.41, 5.74) is -1.56. The molecular formula is C17H10ClF3N2O2. The Labute approximate surface area is 145 Å². The standard InChI is InChI=1S/C17H10ClF3N2O2/c18-13-8-10(5-6-15(13)24)7-11(9-22)16(25)23-14-4-2-1-3-12(14)17(19,20)21/h1-8,24H,(H,23,25). The number of nitriles is 1. The van der Waals surface area contributed by atoms with Crippen molar-refractivity contribution in [1.82, 2.24) is 0 Å². The lowest BCUT2D eigenvalue weighted by atomic mass is 10.1. The topological polar surface area (TPSA) is 73.1 Å². The summed E-state index contributed by atoms with van der Waals surface area (Å²) in [4.78, 5) is 12.1. The number of para-hydroxylation sites is 1. The molecule has 0 aliphatic rings. The van der Waals surface area contributed by atoms with Crippen molar-refractivity contribution in [3.63, 3.8) is 0 Å². The minimum Gasteiger partial charge on any atom is -0.506 e. The van der Waals surface area contributed by atoms with E-state index < -0.39 is 28.9 Å². The van der Waals surface area contributed by atoms with Gasteiger partial charge in [0.05, 0.1) is 16.3 Å². The van der Waals surface area contributed by atoms with Gasteiger partial charge in [-0.05, 0) is 35.9 Å². The molecule has 0 aromatic heterocycles. The molecule has 0 radical (unpaired) electrons. The van der Waals surface area contributed by atoms with Gasteiger partial charge in [-0.15, -0.1) is 0 Å². The minimum atomic E-state index is -4.65. The van der Waals surface area contributed by atoms with Gasteiger partial charge in [0, 0.05) is 0 Å². The maximum absolute atomic E-state index is 12.9. The fourth-order valence-electron chi connectivity index (χ4n) is 1.96. The van der Waals surface area contributed by atoms with Crippen molar-refractivity contribution < 1.29 is 23.1 Å². The smallest absolute Gasteiger partial charge is 0.418 e. The van der Waals surface area contributed by atoms with Gasteiger partial charge in [-0.2, -0.15) is 18.4 Å². The molecule has 0 saturated carbocycles. The second kappa shape index (κ2) is 7.28. The molecule has 0 aliphatic heterocycles. The number of hydrogen-bond acceptors (Lipinski definition) is 3. The summed E-state index contributed by atoms with van der Waals surface area (Å²) < 4.78 is 38.8. The number of carbonyl (C=O) groups excluding carboxylic acids is 1.